The van der Waals surface area contributed by atoms with Crippen LogP contribution in [-0.2, 0) is 14.3 Å². The van der Waals surface area contributed by atoms with Gasteiger partial charge in [-0.1, -0.05) is 30.3 Å². The largest absolute Gasteiger partial charge is 0.375 e. The highest BCUT2D eigenvalue weighted by Gasteiger charge is 2.47. The standard InChI is InChI=1S/C18H24N2O3/c1-13(21)19-9-8-17-16(10-19)15(14-6-4-3-5-7-14)11-20(17)18(22)12-23-2/h3-7,15-17H,8-12H2,1-2H3/t15-,16-,17-/m1/s1. The van der Waals surface area contributed by atoms with E-state index in [2.05, 4.69) is 12.1 Å². The Morgan fingerprint density at radius 3 is 2.61 bits per heavy atom. The summed E-state index contributed by atoms with van der Waals surface area (Å²) in [4.78, 5) is 28.1. The van der Waals surface area contributed by atoms with Gasteiger partial charge in [-0.05, 0) is 12.0 Å². The van der Waals surface area contributed by atoms with E-state index in [1.165, 1.54) is 5.56 Å². The lowest BCUT2D eigenvalue weighted by Gasteiger charge is -2.38. The summed E-state index contributed by atoms with van der Waals surface area (Å²) in [5.74, 6) is 0.758. The van der Waals surface area contributed by atoms with E-state index in [0.717, 1.165) is 19.5 Å². The summed E-state index contributed by atoms with van der Waals surface area (Å²) in [6.45, 7) is 3.93. The Hall–Kier alpha value is -1.88. The monoisotopic (exact) mass is 316 g/mol. The maximum Gasteiger partial charge on any atom is 0.248 e. The highest BCUT2D eigenvalue weighted by molar-refractivity contribution is 5.78. The average molecular weight is 316 g/mol. The summed E-state index contributed by atoms with van der Waals surface area (Å²) in [5.41, 5.74) is 1.25. The van der Waals surface area contributed by atoms with E-state index in [1.807, 2.05) is 28.0 Å². The quantitative estimate of drug-likeness (QED) is 0.849. The minimum atomic E-state index is 0.0530. The predicted molar refractivity (Wildman–Crippen MR) is 86.9 cm³/mol. The first-order chi connectivity index (χ1) is 11.1. The molecule has 23 heavy (non-hydrogen) atoms. The van der Waals surface area contributed by atoms with Crippen molar-refractivity contribution in [3.8, 4) is 0 Å². The van der Waals surface area contributed by atoms with Crippen LogP contribution in [0.1, 0.15) is 24.8 Å². The van der Waals surface area contributed by atoms with Crippen LogP contribution in [0.25, 0.3) is 0 Å². The van der Waals surface area contributed by atoms with E-state index in [9.17, 15) is 9.59 Å². The van der Waals surface area contributed by atoms with Crippen LogP contribution in [0.15, 0.2) is 30.3 Å². The number of carbonyl (C=O) groups is 2. The molecule has 0 N–H and O–H groups in total. The van der Waals surface area contributed by atoms with Crippen LogP contribution in [0.5, 0.6) is 0 Å². The molecule has 2 fully saturated rings. The number of fused-ring (bicyclic) bond motifs is 1. The van der Waals surface area contributed by atoms with Gasteiger partial charge < -0.3 is 14.5 Å². The topological polar surface area (TPSA) is 49.9 Å². The number of amides is 2. The summed E-state index contributed by atoms with van der Waals surface area (Å²) in [5, 5.41) is 0. The number of hydrogen-bond donors (Lipinski definition) is 0. The second kappa shape index (κ2) is 6.71. The molecule has 5 heteroatoms. The molecular weight excluding hydrogens is 292 g/mol. The zero-order chi connectivity index (χ0) is 16.4. The van der Waals surface area contributed by atoms with Gasteiger partial charge in [-0.3, -0.25) is 9.59 Å². The molecule has 2 aliphatic rings. The van der Waals surface area contributed by atoms with Crippen molar-refractivity contribution in [2.24, 2.45) is 5.92 Å². The van der Waals surface area contributed by atoms with E-state index < -0.39 is 0 Å². The molecule has 3 rings (SSSR count). The number of likely N-dealkylation sites (tertiary alicyclic amines) is 2. The molecule has 124 valence electrons. The molecule has 0 saturated carbocycles. The van der Waals surface area contributed by atoms with Crippen LogP contribution in [0.4, 0.5) is 0 Å². The van der Waals surface area contributed by atoms with Crippen LogP contribution in [0.2, 0.25) is 0 Å². The molecule has 0 spiro atoms. The zero-order valence-electron chi connectivity index (χ0n) is 13.8. The molecular formula is C18H24N2O3. The van der Waals surface area contributed by atoms with E-state index in [1.54, 1.807) is 14.0 Å². The fourth-order valence-corrected chi connectivity index (χ4v) is 4.07. The minimum Gasteiger partial charge on any atom is -0.375 e. The number of nitrogens with zero attached hydrogens (tertiary/aromatic N) is 2. The Balaban J connectivity index is 1.87. The number of rotatable bonds is 3. The first kappa shape index (κ1) is 16.0. The van der Waals surface area contributed by atoms with Gasteiger partial charge in [-0.2, -0.15) is 0 Å². The molecule has 2 aliphatic heterocycles. The molecule has 0 aliphatic carbocycles. The maximum atomic E-state index is 12.4. The summed E-state index contributed by atoms with van der Waals surface area (Å²) >= 11 is 0. The van der Waals surface area contributed by atoms with Crippen molar-refractivity contribution in [1.82, 2.24) is 9.80 Å². The number of piperidine rings is 1. The zero-order valence-corrected chi connectivity index (χ0v) is 13.8. The van der Waals surface area contributed by atoms with Gasteiger partial charge in [0, 0.05) is 51.5 Å². The van der Waals surface area contributed by atoms with E-state index >= 15 is 0 Å². The van der Waals surface area contributed by atoms with Crippen LogP contribution in [-0.4, -0.2) is 61.0 Å². The highest BCUT2D eigenvalue weighted by atomic mass is 16.5. The smallest absolute Gasteiger partial charge is 0.248 e. The Kier molecular flexibility index (Phi) is 4.66. The van der Waals surface area contributed by atoms with E-state index in [-0.39, 0.29) is 30.4 Å². The minimum absolute atomic E-state index is 0.0530. The molecule has 2 heterocycles. The van der Waals surface area contributed by atoms with E-state index in [0.29, 0.717) is 12.5 Å². The van der Waals surface area contributed by atoms with Crippen molar-refractivity contribution in [2.45, 2.75) is 25.3 Å². The molecule has 1 aromatic rings. The Labute approximate surface area is 137 Å². The normalized spacial score (nSPS) is 27.0. The summed E-state index contributed by atoms with van der Waals surface area (Å²) in [6, 6.07) is 10.5. The summed E-state index contributed by atoms with van der Waals surface area (Å²) < 4.78 is 5.04. The maximum absolute atomic E-state index is 12.4. The van der Waals surface area contributed by atoms with Crippen LogP contribution in [0, 0.1) is 5.92 Å². The van der Waals surface area contributed by atoms with Gasteiger partial charge >= 0.3 is 0 Å². The third-order valence-electron chi connectivity index (χ3n) is 5.19. The van der Waals surface area contributed by atoms with E-state index in [4.69, 9.17) is 4.74 Å². The van der Waals surface area contributed by atoms with Crippen molar-refractivity contribution in [3.63, 3.8) is 0 Å². The van der Waals surface area contributed by atoms with Gasteiger partial charge in [-0.15, -0.1) is 0 Å². The second-order valence-electron chi connectivity index (χ2n) is 6.48. The second-order valence-corrected chi connectivity index (χ2v) is 6.48. The predicted octanol–water partition coefficient (Wildman–Crippen LogP) is 1.50. The highest BCUT2D eigenvalue weighted by Crippen LogP contribution is 2.41. The molecule has 2 amide bonds. The molecule has 0 unspecified atom stereocenters. The summed E-state index contributed by atoms with van der Waals surface area (Å²) in [6.07, 6.45) is 0.850. The van der Waals surface area contributed by atoms with Crippen LogP contribution < -0.4 is 0 Å². The molecule has 0 radical (unpaired) electrons. The van der Waals surface area contributed by atoms with Gasteiger partial charge in [0.2, 0.25) is 11.8 Å². The number of carbonyl (C=O) groups excluding carboxylic acids is 2. The van der Waals surface area contributed by atoms with Crippen molar-refractivity contribution < 1.29 is 14.3 Å². The fraction of sp³-hybridized carbons (Fsp3) is 0.556. The fourth-order valence-electron chi connectivity index (χ4n) is 4.07. The number of ether oxygens (including phenoxy) is 1. The van der Waals surface area contributed by atoms with Gasteiger partial charge in [0.1, 0.15) is 6.61 Å². The molecule has 3 atom stereocenters. The van der Waals surface area contributed by atoms with Gasteiger partial charge in [0.05, 0.1) is 0 Å². The lowest BCUT2D eigenvalue weighted by atomic mass is 9.82. The van der Waals surface area contributed by atoms with Gasteiger partial charge in [0.25, 0.3) is 0 Å². The van der Waals surface area contributed by atoms with Crippen LogP contribution >= 0.6 is 0 Å². The Morgan fingerprint density at radius 2 is 1.96 bits per heavy atom. The summed E-state index contributed by atoms with van der Waals surface area (Å²) in [7, 11) is 1.55. The van der Waals surface area contributed by atoms with Crippen molar-refractivity contribution in [3.05, 3.63) is 35.9 Å². The SMILES string of the molecule is COCC(=O)N1C[C@H](c2ccccc2)[C@H]2CN(C(C)=O)CC[C@H]21. The molecule has 0 bridgehead atoms. The van der Waals surface area contributed by atoms with Gasteiger partial charge in [-0.25, -0.2) is 0 Å². The van der Waals surface area contributed by atoms with Crippen molar-refractivity contribution in [1.29, 1.82) is 0 Å². The number of hydrogen-bond acceptors (Lipinski definition) is 3. The molecule has 1 aromatic carbocycles. The molecule has 5 nitrogen and oxygen atoms in total. The lowest BCUT2D eigenvalue weighted by molar-refractivity contribution is -0.138. The Bertz CT molecular complexity index is 575. The average Bonchev–Trinajstić information content (AvgIpc) is 2.94. The Morgan fingerprint density at radius 1 is 1.22 bits per heavy atom. The van der Waals surface area contributed by atoms with Crippen molar-refractivity contribution in [2.75, 3.05) is 33.4 Å². The third kappa shape index (κ3) is 3.11. The third-order valence-corrected chi connectivity index (χ3v) is 5.19. The van der Waals surface area contributed by atoms with Crippen molar-refractivity contribution >= 4 is 11.8 Å². The van der Waals surface area contributed by atoms with Crippen LogP contribution in [0.3, 0.4) is 0 Å². The first-order valence-corrected chi connectivity index (χ1v) is 8.20. The first-order valence-electron chi connectivity index (χ1n) is 8.20. The number of methoxy groups -OCH3 is 1. The van der Waals surface area contributed by atoms with Gasteiger partial charge in [0.15, 0.2) is 0 Å². The molecule has 0 aromatic heterocycles. The lowest BCUT2D eigenvalue weighted by Crippen LogP contribution is -2.49. The number of benzene rings is 1. The molecule has 2 saturated heterocycles.